The number of amidine groups is 1. The molecule has 33 heavy (non-hydrogen) atoms. The molecule has 1 saturated heterocycles. The largest absolute Gasteiger partial charge is 0.693 e. The molecule has 4 rings (SSSR count). The van der Waals surface area contributed by atoms with Crippen LogP contribution in [-0.4, -0.2) is 94.5 Å². The lowest BCUT2D eigenvalue weighted by atomic mass is 10.3. The molecule has 0 radical (unpaired) electrons. The number of rotatable bonds is 10. The fourth-order valence-electron chi connectivity index (χ4n) is 4.29. The number of aromatic nitrogens is 2. The Morgan fingerprint density at radius 1 is 1.06 bits per heavy atom. The van der Waals surface area contributed by atoms with E-state index in [0.29, 0.717) is 31.4 Å². The van der Waals surface area contributed by atoms with Gasteiger partial charge in [-0.3, -0.25) is 9.88 Å². The Balaban J connectivity index is 1.18. The summed E-state index contributed by atoms with van der Waals surface area (Å²) >= 11 is 5.97. The van der Waals surface area contributed by atoms with Crippen molar-refractivity contribution in [1.29, 1.82) is 0 Å². The summed E-state index contributed by atoms with van der Waals surface area (Å²) < 4.78 is 5.82. The molecule has 0 amide bonds. The molecule has 0 N–H and O–H groups in total. The first-order valence-corrected chi connectivity index (χ1v) is 12.0. The summed E-state index contributed by atoms with van der Waals surface area (Å²) in [6.45, 7) is 9.32. The fraction of sp³-hybridized carbons (Fsp3) is 0.522. The van der Waals surface area contributed by atoms with Crippen molar-refractivity contribution in [3.8, 4) is 5.75 Å². The van der Waals surface area contributed by atoms with Gasteiger partial charge in [-0.05, 0) is 18.6 Å². The number of nitrogens with zero attached hydrogens (tertiary/aromatic N) is 7. The number of hydrazone groups is 1. The van der Waals surface area contributed by atoms with E-state index in [-0.39, 0.29) is 0 Å². The molecule has 0 bridgehead atoms. The SMILES string of the molecule is CCC1=[N+]([O-])N(CCCN2CCN(c3cncc(Cl)n3)CC2)CN1CCOc1ccccc1. The topological polar surface area (TPSA) is 74.0 Å². The van der Waals surface area contributed by atoms with Crippen LogP contribution in [0.15, 0.2) is 42.7 Å². The van der Waals surface area contributed by atoms with E-state index >= 15 is 0 Å². The third kappa shape index (κ3) is 6.17. The number of anilines is 1. The molecule has 2 aliphatic rings. The van der Waals surface area contributed by atoms with Gasteiger partial charge in [-0.15, -0.1) is 0 Å². The minimum absolute atomic E-state index is 0.423. The first kappa shape index (κ1) is 23.4. The monoisotopic (exact) mass is 473 g/mol. The van der Waals surface area contributed by atoms with Gasteiger partial charge in [0.1, 0.15) is 29.9 Å². The Labute approximate surface area is 200 Å². The maximum Gasteiger partial charge on any atom is 0.275 e. The van der Waals surface area contributed by atoms with Gasteiger partial charge in [-0.25, -0.2) is 14.9 Å². The maximum absolute atomic E-state index is 12.8. The zero-order valence-electron chi connectivity index (χ0n) is 19.1. The third-order valence-electron chi connectivity index (χ3n) is 6.05. The van der Waals surface area contributed by atoms with Crippen LogP contribution in [0.3, 0.4) is 0 Å². The van der Waals surface area contributed by atoms with Crippen molar-refractivity contribution >= 4 is 23.3 Å². The van der Waals surface area contributed by atoms with Gasteiger partial charge in [0.2, 0.25) is 0 Å². The second kappa shape index (κ2) is 11.4. The van der Waals surface area contributed by atoms with Gasteiger partial charge in [0, 0.05) is 39.1 Å². The van der Waals surface area contributed by atoms with Crippen LogP contribution in [0.1, 0.15) is 19.8 Å². The van der Waals surface area contributed by atoms with E-state index in [4.69, 9.17) is 16.3 Å². The highest BCUT2D eigenvalue weighted by Gasteiger charge is 2.31. The Hall–Kier alpha value is -2.78. The van der Waals surface area contributed by atoms with Crippen LogP contribution in [0.2, 0.25) is 5.15 Å². The summed E-state index contributed by atoms with van der Waals surface area (Å²) in [4.78, 5) is 16.3. The number of hydrazine groups is 1. The molecule has 2 aromatic rings. The van der Waals surface area contributed by atoms with E-state index in [1.54, 1.807) is 12.4 Å². The number of hydrogen-bond donors (Lipinski definition) is 0. The van der Waals surface area contributed by atoms with Crippen molar-refractivity contribution < 1.29 is 9.58 Å². The van der Waals surface area contributed by atoms with E-state index in [1.165, 1.54) is 0 Å². The van der Waals surface area contributed by atoms with Gasteiger partial charge in [-0.1, -0.05) is 36.7 Å². The van der Waals surface area contributed by atoms with Crippen molar-refractivity contribution in [3.05, 3.63) is 53.1 Å². The molecule has 0 atom stereocenters. The van der Waals surface area contributed by atoms with E-state index in [0.717, 1.165) is 67.9 Å². The lowest BCUT2D eigenvalue weighted by molar-refractivity contribution is -0.628. The van der Waals surface area contributed by atoms with Crippen molar-refractivity contribution in [2.45, 2.75) is 19.8 Å². The molecule has 3 heterocycles. The van der Waals surface area contributed by atoms with Crippen LogP contribution in [0.4, 0.5) is 5.82 Å². The second-order valence-corrected chi connectivity index (χ2v) is 8.61. The highest BCUT2D eigenvalue weighted by Crippen LogP contribution is 2.16. The number of para-hydroxylation sites is 1. The Morgan fingerprint density at radius 3 is 2.58 bits per heavy atom. The van der Waals surface area contributed by atoms with Gasteiger partial charge >= 0.3 is 0 Å². The lowest BCUT2D eigenvalue weighted by Gasteiger charge is -2.35. The molecule has 2 aliphatic heterocycles. The Morgan fingerprint density at radius 2 is 1.85 bits per heavy atom. The van der Waals surface area contributed by atoms with E-state index in [2.05, 4.69) is 24.7 Å². The first-order chi connectivity index (χ1) is 16.1. The number of benzene rings is 1. The third-order valence-corrected chi connectivity index (χ3v) is 6.23. The van der Waals surface area contributed by atoms with Gasteiger partial charge < -0.3 is 14.8 Å². The van der Waals surface area contributed by atoms with E-state index in [1.807, 2.05) is 42.3 Å². The van der Waals surface area contributed by atoms with Gasteiger partial charge in [-0.2, -0.15) is 4.85 Å². The zero-order chi connectivity index (χ0) is 23.0. The normalized spacial score (nSPS) is 17.2. The van der Waals surface area contributed by atoms with Crippen LogP contribution in [0.5, 0.6) is 5.75 Å². The lowest BCUT2D eigenvalue weighted by Crippen LogP contribution is -2.47. The summed E-state index contributed by atoms with van der Waals surface area (Å²) in [5.74, 6) is 2.50. The molecule has 178 valence electrons. The molecular weight excluding hydrogens is 442 g/mol. The van der Waals surface area contributed by atoms with Gasteiger partial charge in [0.25, 0.3) is 5.84 Å². The van der Waals surface area contributed by atoms with Crippen LogP contribution < -0.4 is 9.64 Å². The minimum Gasteiger partial charge on any atom is -0.693 e. The fourth-order valence-corrected chi connectivity index (χ4v) is 4.44. The molecule has 9 nitrogen and oxygen atoms in total. The number of piperazine rings is 1. The van der Waals surface area contributed by atoms with E-state index < -0.39 is 0 Å². The minimum atomic E-state index is 0.423. The summed E-state index contributed by atoms with van der Waals surface area (Å²) in [6, 6.07) is 9.78. The zero-order valence-corrected chi connectivity index (χ0v) is 19.9. The predicted molar refractivity (Wildman–Crippen MR) is 129 cm³/mol. The summed E-state index contributed by atoms with van der Waals surface area (Å²) in [5.41, 5.74) is 0. The van der Waals surface area contributed by atoms with Crippen molar-refractivity contribution in [2.24, 2.45) is 0 Å². The maximum atomic E-state index is 12.8. The summed E-state index contributed by atoms with van der Waals surface area (Å²) in [7, 11) is 0. The molecule has 0 spiro atoms. The molecule has 0 aliphatic carbocycles. The summed E-state index contributed by atoms with van der Waals surface area (Å²) in [6.07, 6.45) is 4.97. The van der Waals surface area contributed by atoms with Gasteiger partial charge in [0.05, 0.1) is 18.9 Å². The molecule has 10 heteroatoms. The molecule has 1 aromatic heterocycles. The summed E-state index contributed by atoms with van der Waals surface area (Å²) in [5, 5.41) is 15.1. The molecule has 1 fully saturated rings. The molecule has 0 unspecified atom stereocenters. The standard InChI is InChI=1S/C23H32ClN7O2/c1-2-23-29(15-16-33-20-7-4-3-5-8-20)19-30(31(23)32)10-6-9-27-11-13-28(14-12-27)22-18-25-17-21(24)26-22/h3-5,7-8,17-18H,2,6,9-16,19H2,1H3. The van der Waals surface area contributed by atoms with Crippen LogP contribution in [-0.2, 0) is 0 Å². The highest BCUT2D eigenvalue weighted by atomic mass is 35.5. The van der Waals surface area contributed by atoms with E-state index in [9.17, 15) is 5.21 Å². The number of hydrogen-bond acceptors (Lipinski definition) is 8. The number of halogens is 1. The first-order valence-electron chi connectivity index (χ1n) is 11.6. The molecular formula is C23H32ClN7O2. The van der Waals surface area contributed by atoms with Crippen LogP contribution in [0, 0.1) is 5.21 Å². The Bertz CT molecular complexity index is 922. The van der Waals surface area contributed by atoms with Crippen molar-refractivity contribution in [3.63, 3.8) is 0 Å². The molecule has 1 aromatic carbocycles. The molecule has 0 saturated carbocycles. The van der Waals surface area contributed by atoms with Crippen LogP contribution >= 0.6 is 11.6 Å². The van der Waals surface area contributed by atoms with Crippen LogP contribution in [0.25, 0.3) is 0 Å². The number of ether oxygens (including phenoxy) is 1. The average molecular weight is 474 g/mol. The predicted octanol–water partition coefficient (Wildman–Crippen LogP) is 2.53. The second-order valence-electron chi connectivity index (χ2n) is 8.22. The van der Waals surface area contributed by atoms with Crippen molar-refractivity contribution in [2.75, 3.05) is 64.0 Å². The Kier molecular flexibility index (Phi) is 8.06. The quantitative estimate of drug-likeness (QED) is 0.385. The highest BCUT2D eigenvalue weighted by molar-refractivity contribution is 6.29. The van der Waals surface area contributed by atoms with Gasteiger partial charge in [0.15, 0.2) is 6.67 Å². The van der Waals surface area contributed by atoms with Crippen molar-refractivity contribution in [1.82, 2.24) is 24.8 Å². The smallest absolute Gasteiger partial charge is 0.275 e. The average Bonchev–Trinajstić information content (AvgIpc) is 3.14.